The van der Waals surface area contributed by atoms with Gasteiger partial charge in [0.05, 0.1) is 0 Å². The van der Waals surface area contributed by atoms with Crippen LogP contribution < -0.4 is 5.32 Å². The van der Waals surface area contributed by atoms with E-state index in [1.54, 1.807) is 19.0 Å². The van der Waals surface area contributed by atoms with Gasteiger partial charge in [-0.25, -0.2) is 4.79 Å². The lowest BCUT2D eigenvalue weighted by Crippen LogP contribution is -2.35. The second-order valence-corrected chi connectivity index (χ2v) is 3.66. The minimum atomic E-state index is -0.00115. The van der Waals surface area contributed by atoms with Crippen molar-refractivity contribution in [2.75, 3.05) is 20.6 Å². The van der Waals surface area contributed by atoms with Gasteiger partial charge in [0.1, 0.15) is 0 Å². The average Bonchev–Trinajstić information content (AvgIpc) is 1.97. The van der Waals surface area contributed by atoms with E-state index in [1.165, 1.54) is 6.42 Å². The van der Waals surface area contributed by atoms with Crippen molar-refractivity contribution < 1.29 is 4.79 Å². The fourth-order valence-electron chi connectivity index (χ4n) is 0.864. The molecule has 0 aliphatic carbocycles. The van der Waals surface area contributed by atoms with E-state index in [0.717, 1.165) is 18.9 Å². The highest BCUT2D eigenvalue weighted by Crippen LogP contribution is 2.01. The van der Waals surface area contributed by atoms with Crippen molar-refractivity contribution in [1.82, 2.24) is 10.2 Å². The fourth-order valence-corrected chi connectivity index (χ4v) is 0.864. The maximum Gasteiger partial charge on any atom is 0.316 e. The number of urea groups is 1. The van der Waals surface area contributed by atoms with Gasteiger partial charge in [0.15, 0.2) is 0 Å². The molecular weight excluding hydrogens is 152 g/mol. The van der Waals surface area contributed by atoms with Crippen LogP contribution >= 0.6 is 0 Å². The molecule has 0 aromatic carbocycles. The van der Waals surface area contributed by atoms with Gasteiger partial charge in [-0.2, -0.15) is 0 Å². The SMILES string of the molecule is CC(C)CCCNC(=O)N(C)C. The molecule has 0 fully saturated rings. The Bertz CT molecular complexity index is 132. The molecule has 0 aliphatic heterocycles. The standard InChI is InChI=1S/C9H20N2O/c1-8(2)6-5-7-10-9(12)11(3)4/h8H,5-7H2,1-4H3,(H,10,12). The highest BCUT2D eigenvalue weighted by Gasteiger charge is 2.00. The number of rotatable bonds is 4. The van der Waals surface area contributed by atoms with Gasteiger partial charge in [0.2, 0.25) is 0 Å². The van der Waals surface area contributed by atoms with E-state index in [9.17, 15) is 4.79 Å². The highest BCUT2D eigenvalue weighted by molar-refractivity contribution is 5.73. The van der Waals surface area contributed by atoms with Crippen LogP contribution in [0.15, 0.2) is 0 Å². The van der Waals surface area contributed by atoms with Crippen LogP contribution in [0.4, 0.5) is 4.79 Å². The van der Waals surface area contributed by atoms with Crippen molar-refractivity contribution in [2.45, 2.75) is 26.7 Å². The topological polar surface area (TPSA) is 32.3 Å². The van der Waals surface area contributed by atoms with Crippen LogP contribution in [0.2, 0.25) is 0 Å². The van der Waals surface area contributed by atoms with Crippen molar-refractivity contribution in [2.24, 2.45) is 5.92 Å². The van der Waals surface area contributed by atoms with E-state index in [4.69, 9.17) is 0 Å². The van der Waals surface area contributed by atoms with Gasteiger partial charge in [0.25, 0.3) is 0 Å². The van der Waals surface area contributed by atoms with Crippen molar-refractivity contribution in [3.8, 4) is 0 Å². The average molecular weight is 172 g/mol. The number of nitrogens with one attached hydrogen (secondary N) is 1. The summed E-state index contributed by atoms with van der Waals surface area (Å²) in [7, 11) is 3.50. The summed E-state index contributed by atoms with van der Waals surface area (Å²) in [5.74, 6) is 0.723. The molecule has 0 atom stereocenters. The molecule has 0 spiro atoms. The van der Waals surface area contributed by atoms with Crippen LogP contribution in [-0.4, -0.2) is 31.6 Å². The van der Waals surface area contributed by atoms with E-state index in [-0.39, 0.29) is 6.03 Å². The molecule has 1 N–H and O–H groups in total. The van der Waals surface area contributed by atoms with Gasteiger partial charge in [-0.3, -0.25) is 0 Å². The summed E-state index contributed by atoms with van der Waals surface area (Å²) in [6.07, 6.45) is 2.24. The molecule has 0 saturated heterocycles. The molecule has 0 radical (unpaired) electrons. The number of amides is 2. The second-order valence-electron chi connectivity index (χ2n) is 3.66. The quantitative estimate of drug-likeness (QED) is 0.643. The number of nitrogens with zero attached hydrogens (tertiary/aromatic N) is 1. The largest absolute Gasteiger partial charge is 0.338 e. The third-order valence-electron chi connectivity index (χ3n) is 1.64. The first kappa shape index (κ1) is 11.3. The molecule has 2 amide bonds. The molecule has 3 nitrogen and oxygen atoms in total. The molecule has 0 saturated carbocycles. The predicted octanol–water partition coefficient (Wildman–Crippen LogP) is 1.69. The van der Waals surface area contributed by atoms with Crippen LogP contribution in [0.3, 0.4) is 0 Å². The van der Waals surface area contributed by atoms with Crippen LogP contribution in [-0.2, 0) is 0 Å². The number of hydrogen-bond acceptors (Lipinski definition) is 1. The van der Waals surface area contributed by atoms with Gasteiger partial charge < -0.3 is 10.2 Å². The summed E-state index contributed by atoms with van der Waals surface area (Å²) >= 11 is 0. The molecule has 0 aromatic heterocycles. The summed E-state index contributed by atoms with van der Waals surface area (Å²) in [5.41, 5.74) is 0. The minimum Gasteiger partial charge on any atom is -0.338 e. The smallest absolute Gasteiger partial charge is 0.316 e. The first-order valence-electron chi connectivity index (χ1n) is 4.49. The van der Waals surface area contributed by atoms with Crippen molar-refractivity contribution >= 4 is 6.03 Å². The van der Waals surface area contributed by atoms with Gasteiger partial charge >= 0.3 is 6.03 Å². The lowest BCUT2D eigenvalue weighted by atomic mass is 10.1. The Kier molecular flexibility index (Phi) is 5.51. The number of hydrogen-bond donors (Lipinski definition) is 1. The third kappa shape index (κ3) is 6.01. The molecule has 0 rings (SSSR count). The maximum absolute atomic E-state index is 11.0. The van der Waals surface area contributed by atoms with Gasteiger partial charge in [-0.1, -0.05) is 13.8 Å². The Morgan fingerprint density at radius 1 is 1.42 bits per heavy atom. The molecule has 0 bridgehead atoms. The fraction of sp³-hybridized carbons (Fsp3) is 0.889. The zero-order valence-corrected chi connectivity index (χ0v) is 8.55. The Morgan fingerprint density at radius 3 is 2.42 bits per heavy atom. The monoisotopic (exact) mass is 172 g/mol. The third-order valence-corrected chi connectivity index (χ3v) is 1.64. The summed E-state index contributed by atoms with van der Waals surface area (Å²) < 4.78 is 0. The highest BCUT2D eigenvalue weighted by atomic mass is 16.2. The van der Waals surface area contributed by atoms with Crippen molar-refractivity contribution in [3.05, 3.63) is 0 Å². The molecule has 0 aliphatic rings. The van der Waals surface area contributed by atoms with Crippen LogP contribution in [0, 0.1) is 5.92 Å². The lowest BCUT2D eigenvalue weighted by Gasteiger charge is -2.12. The van der Waals surface area contributed by atoms with Crippen LogP contribution in [0.5, 0.6) is 0 Å². The molecule has 0 unspecified atom stereocenters. The molecule has 0 aromatic rings. The Labute approximate surface area is 75.1 Å². The van der Waals surface area contributed by atoms with E-state index in [1.807, 2.05) is 0 Å². The summed E-state index contributed by atoms with van der Waals surface area (Å²) in [5, 5.41) is 2.82. The first-order chi connectivity index (χ1) is 5.54. The minimum absolute atomic E-state index is 0.00115. The molecular formula is C9H20N2O. The second kappa shape index (κ2) is 5.86. The first-order valence-corrected chi connectivity index (χ1v) is 4.49. The van der Waals surface area contributed by atoms with Crippen LogP contribution in [0.1, 0.15) is 26.7 Å². The Hall–Kier alpha value is -0.730. The normalized spacial score (nSPS) is 10.1. The van der Waals surface area contributed by atoms with E-state index in [0.29, 0.717) is 0 Å². The summed E-state index contributed by atoms with van der Waals surface area (Å²) in [4.78, 5) is 12.6. The maximum atomic E-state index is 11.0. The Morgan fingerprint density at radius 2 is 2.00 bits per heavy atom. The van der Waals surface area contributed by atoms with Crippen molar-refractivity contribution in [3.63, 3.8) is 0 Å². The Balaban J connectivity index is 3.26. The predicted molar refractivity (Wildman–Crippen MR) is 51.2 cm³/mol. The molecule has 12 heavy (non-hydrogen) atoms. The van der Waals surface area contributed by atoms with E-state index < -0.39 is 0 Å². The lowest BCUT2D eigenvalue weighted by molar-refractivity contribution is 0.217. The molecule has 72 valence electrons. The van der Waals surface area contributed by atoms with E-state index in [2.05, 4.69) is 19.2 Å². The van der Waals surface area contributed by atoms with Gasteiger partial charge in [0, 0.05) is 20.6 Å². The summed E-state index contributed by atoms with van der Waals surface area (Å²) in [6, 6.07) is -0.00115. The zero-order valence-electron chi connectivity index (χ0n) is 8.55. The zero-order chi connectivity index (χ0) is 9.56. The number of carbonyl (C=O) groups excluding carboxylic acids is 1. The van der Waals surface area contributed by atoms with Crippen LogP contribution in [0.25, 0.3) is 0 Å². The van der Waals surface area contributed by atoms with Gasteiger partial charge in [-0.05, 0) is 18.8 Å². The van der Waals surface area contributed by atoms with E-state index >= 15 is 0 Å². The van der Waals surface area contributed by atoms with Gasteiger partial charge in [-0.15, -0.1) is 0 Å². The van der Waals surface area contributed by atoms with Crippen molar-refractivity contribution in [1.29, 1.82) is 0 Å². The molecule has 0 heterocycles. The number of carbonyl (C=O) groups is 1. The summed E-state index contributed by atoms with van der Waals surface area (Å²) in [6.45, 7) is 5.16. The molecule has 3 heteroatoms.